The second kappa shape index (κ2) is 3.86. The number of imidazole rings is 1. The van der Waals surface area contributed by atoms with E-state index in [-0.39, 0.29) is 0 Å². The fraction of sp³-hybridized carbons (Fsp3) is 0.429. The van der Waals surface area contributed by atoms with Crippen molar-refractivity contribution in [3.05, 3.63) is 18.2 Å². The highest BCUT2D eigenvalue weighted by atomic mass is 15.6. The first-order chi connectivity index (χ1) is 6.86. The highest BCUT2D eigenvalue weighted by Crippen LogP contribution is 1.97. The third-order valence-electron chi connectivity index (χ3n) is 1.85. The van der Waals surface area contributed by atoms with Crippen molar-refractivity contribution in [2.75, 3.05) is 11.9 Å². The van der Waals surface area contributed by atoms with Gasteiger partial charge in [0.2, 0.25) is 5.95 Å². The fourth-order valence-electron chi connectivity index (χ4n) is 1.11. The van der Waals surface area contributed by atoms with E-state index in [1.165, 1.54) is 0 Å². The highest BCUT2D eigenvalue weighted by Gasteiger charge is 2.00. The van der Waals surface area contributed by atoms with Crippen molar-refractivity contribution in [1.29, 1.82) is 0 Å². The molecule has 2 rings (SSSR count). The lowest BCUT2D eigenvalue weighted by atomic mass is 10.3. The van der Waals surface area contributed by atoms with Crippen molar-refractivity contribution < 1.29 is 0 Å². The van der Waals surface area contributed by atoms with Crippen LogP contribution in [0, 0.1) is 0 Å². The first-order valence-corrected chi connectivity index (χ1v) is 4.30. The second-order valence-electron chi connectivity index (χ2n) is 2.88. The number of tetrazole rings is 1. The van der Waals surface area contributed by atoms with Crippen LogP contribution >= 0.6 is 0 Å². The zero-order chi connectivity index (χ0) is 9.80. The van der Waals surface area contributed by atoms with Gasteiger partial charge in [0.25, 0.3) is 0 Å². The molecular formula is C7H11N7. The molecule has 14 heavy (non-hydrogen) atoms. The van der Waals surface area contributed by atoms with Gasteiger partial charge in [0.15, 0.2) is 0 Å². The van der Waals surface area contributed by atoms with E-state index in [2.05, 4.69) is 30.8 Å². The smallest absolute Gasteiger partial charge is 0.242 e. The number of aromatic amines is 1. The third-order valence-corrected chi connectivity index (χ3v) is 1.85. The molecule has 0 aliphatic carbocycles. The quantitative estimate of drug-likeness (QED) is 0.689. The minimum atomic E-state index is 0.671. The number of hydrogen-bond acceptors (Lipinski definition) is 5. The molecule has 0 saturated carbocycles. The summed E-state index contributed by atoms with van der Waals surface area (Å²) in [5.74, 6) is 0.671. The predicted molar refractivity (Wildman–Crippen MR) is 49.6 cm³/mol. The first-order valence-electron chi connectivity index (χ1n) is 4.30. The van der Waals surface area contributed by atoms with E-state index in [4.69, 9.17) is 0 Å². The van der Waals surface area contributed by atoms with Gasteiger partial charge in [-0.15, -0.1) is 0 Å². The average molecular weight is 193 g/mol. The second-order valence-corrected chi connectivity index (χ2v) is 2.88. The molecule has 0 fully saturated rings. The minimum absolute atomic E-state index is 0.671. The zero-order valence-corrected chi connectivity index (χ0v) is 7.80. The van der Waals surface area contributed by atoms with Gasteiger partial charge in [0.1, 0.15) is 0 Å². The molecule has 7 heteroatoms. The normalized spacial score (nSPS) is 10.4. The molecule has 2 N–H and O–H groups in total. The largest absolute Gasteiger partial charge is 0.353 e. The topological polar surface area (TPSA) is 84.3 Å². The molecule has 0 unspecified atom stereocenters. The number of nitrogens with zero attached hydrogens (tertiary/aromatic N) is 5. The highest BCUT2D eigenvalue weighted by molar-refractivity contribution is 5.21. The molecule has 2 aromatic heterocycles. The monoisotopic (exact) mass is 193 g/mol. The number of aromatic nitrogens is 6. The van der Waals surface area contributed by atoms with Crippen LogP contribution in [0.1, 0.15) is 5.69 Å². The molecule has 0 saturated heterocycles. The van der Waals surface area contributed by atoms with Crippen LogP contribution in [-0.4, -0.2) is 36.7 Å². The molecule has 7 nitrogen and oxygen atoms in total. The van der Waals surface area contributed by atoms with Crippen LogP contribution in [0.25, 0.3) is 0 Å². The van der Waals surface area contributed by atoms with Crippen molar-refractivity contribution in [3.8, 4) is 0 Å². The maximum absolute atomic E-state index is 3.93. The number of nitrogens with one attached hydrogen (secondary N) is 2. The van der Waals surface area contributed by atoms with Crippen LogP contribution in [0.3, 0.4) is 0 Å². The summed E-state index contributed by atoms with van der Waals surface area (Å²) in [6.07, 6.45) is 4.34. The van der Waals surface area contributed by atoms with E-state index in [9.17, 15) is 0 Å². The molecule has 0 amide bonds. The zero-order valence-electron chi connectivity index (χ0n) is 7.80. The fourth-order valence-corrected chi connectivity index (χ4v) is 1.11. The summed E-state index contributed by atoms with van der Waals surface area (Å²) in [5.41, 5.74) is 1.09. The lowest BCUT2D eigenvalue weighted by Crippen LogP contribution is -2.09. The number of H-pyrrole nitrogens is 1. The Kier molecular flexibility index (Phi) is 2.39. The van der Waals surface area contributed by atoms with Crippen LogP contribution in [0.5, 0.6) is 0 Å². The Balaban J connectivity index is 1.81. The van der Waals surface area contributed by atoms with E-state index in [1.807, 2.05) is 0 Å². The predicted octanol–water partition coefficient (Wildman–Crippen LogP) is -0.412. The summed E-state index contributed by atoms with van der Waals surface area (Å²) < 4.78 is 1.59. The Bertz CT molecular complexity index is 376. The van der Waals surface area contributed by atoms with Crippen molar-refractivity contribution in [3.63, 3.8) is 0 Å². The average Bonchev–Trinajstić information content (AvgIpc) is 2.78. The Morgan fingerprint density at radius 1 is 1.57 bits per heavy atom. The van der Waals surface area contributed by atoms with Crippen LogP contribution in [0.15, 0.2) is 12.5 Å². The number of rotatable bonds is 4. The van der Waals surface area contributed by atoms with E-state index in [0.717, 1.165) is 18.7 Å². The molecule has 2 aromatic rings. The van der Waals surface area contributed by atoms with Gasteiger partial charge in [-0.05, 0) is 10.4 Å². The lowest BCUT2D eigenvalue weighted by Gasteiger charge is -2.01. The van der Waals surface area contributed by atoms with Gasteiger partial charge in [-0.1, -0.05) is 5.10 Å². The van der Waals surface area contributed by atoms with Gasteiger partial charge in [0.05, 0.1) is 6.33 Å². The number of hydrogen-bond donors (Lipinski definition) is 2. The molecular weight excluding hydrogens is 182 g/mol. The number of anilines is 1. The summed E-state index contributed by atoms with van der Waals surface area (Å²) in [5, 5.41) is 14.1. The van der Waals surface area contributed by atoms with E-state index in [1.54, 1.807) is 24.3 Å². The van der Waals surface area contributed by atoms with Gasteiger partial charge >= 0.3 is 0 Å². The maximum atomic E-state index is 3.93. The van der Waals surface area contributed by atoms with Gasteiger partial charge < -0.3 is 10.3 Å². The van der Waals surface area contributed by atoms with E-state index < -0.39 is 0 Å². The first kappa shape index (κ1) is 8.67. The summed E-state index contributed by atoms with van der Waals surface area (Å²) in [7, 11) is 1.79. The lowest BCUT2D eigenvalue weighted by molar-refractivity contribution is 0.712. The van der Waals surface area contributed by atoms with Crippen LogP contribution in [-0.2, 0) is 13.5 Å². The summed E-state index contributed by atoms with van der Waals surface area (Å²) in [4.78, 5) is 6.95. The van der Waals surface area contributed by atoms with Gasteiger partial charge in [-0.3, -0.25) is 0 Å². The van der Waals surface area contributed by atoms with E-state index >= 15 is 0 Å². The van der Waals surface area contributed by atoms with Crippen molar-refractivity contribution >= 4 is 5.95 Å². The molecule has 0 aliphatic rings. The number of aryl methyl sites for hydroxylation is 1. The molecule has 2 heterocycles. The Morgan fingerprint density at radius 2 is 2.50 bits per heavy atom. The van der Waals surface area contributed by atoms with Crippen LogP contribution in [0.4, 0.5) is 5.95 Å². The van der Waals surface area contributed by atoms with Crippen molar-refractivity contribution in [2.24, 2.45) is 7.05 Å². The summed E-state index contributed by atoms with van der Waals surface area (Å²) in [6.45, 7) is 0.774. The van der Waals surface area contributed by atoms with E-state index in [0.29, 0.717) is 5.95 Å². The van der Waals surface area contributed by atoms with Gasteiger partial charge in [-0.25, -0.2) is 9.67 Å². The molecule has 0 aliphatic heterocycles. The molecule has 0 aromatic carbocycles. The van der Waals surface area contributed by atoms with Crippen molar-refractivity contribution in [2.45, 2.75) is 6.42 Å². The Labute approximate surface area is 80.5 Å². The molecule has 0 atom stereocenters. The SMILES string of the molecule is Cn1nnnc1NCCc1cnc[nH]1. The molecule has 0 radical (unpaired) electrons. The molecule has 0 bridgehead atoms. The summed E-state index contributed by atoms with van der Waals surface area (Å²) in [6, 6.07) is 0. The minimum Gasteiger partial charge on any atom is -0.353 e. The summed E-state index contributed by atoms with van der Waals surface area (Å²) >= 11 is 0. The third kappa shape index (κ3) is 1.87. The maximum Gasteiger partial charge on any atom is 0.242 e. The molecule has 74 valence electrons. The Morgan fingerprint density at radius 3 is 3.14 bits per heavy atom. The standard InChI is InChI=1S/C7H11N7/c1-14-7(11-12-13-14)9-3-2-6-4-8-5-10-6/h4-5H,2-3H2,1H3,(H,8,10)(H,9,11,13). The van der Waals surface area contributed by atoms with Crippen molar-refractivity contribution in [1.82, 2.24) is 30.2 Å². The Hall–Kier alpha value is -1.92. The molecule has 0 spiro atoms. The van der Waals surface area contributed by atoms with Gasteiger partial charge in [-0.2, -0.15) is 0 Å². The van der Waals surface area contributed by atoms with Crippen LogP contribution < -0.4 is 5.32 Å². The van der Waals surface area contributed by atoms with Gasteiger partial charge in [0, 0.05) is 31.9 Å². The van der Waals surface area contributed by atoms with Crippen LogP contribution in [0.2, 0.25) is 0 Å².